The smallest absolute Gasteiger partial charge is 0.321 e. The van der Waals surface area contributed by atoms with Gasteiger partial charge in [-0.15, -0.1) is 10.2 Å². The monoisotopic (exact) mass is 410 g/mol. The number of thioether (sulfide) groups is 1. The van der Waals surface area contributed by atoms with Crippen molar-refractivity contribution in [3.8, 4) is 17.1 Å². The Bertz CT molecular complexity index is 1000. The van der Waals surface area contributed by atoms with Gasteiger partial charge in [0, 0.05) is 24.0 Å². The van der Waals surface area contributed by atoms with Gasteiger partial charge in [-0.1, -0.05) is 30.0 Å². The van der Waals surface area contributed by atoms with Gasteiger partial charge in [0.1, 0.15) is 0 Å². The van der Waals surface area contributed by atoms with Crippen LogP contribution in [0.4, 0.5) is 4.79 Å². The number of aryl methyl sites for hydroxylation is 1. The van der Waals surface area contributed by atoms with Crippen molar-refractivity contribution in [2.45, 2.75) is 32.0 Å². The van der Waals surface area contributed by atoms with E-state index in [-0.39, 0.29) is 11.8 Å². The van der Waals surface area contributed by atoms with Crippen molar-refractivity contribution in [3.05, 3.63) is 54.4 Å². The molecule has 0 saturated heterocycles. The van der Waals surface area contributed by atoms with Crippen molar-refractivity contribution in [3.63, 3.8) is 0 Å². The van der Waals surface area contributed by atoms with E-state index in [1.807, 2.05) is 61.7 Å². The number of carbonyl (C=O) groups excluding carboxylic acids is 2. The third kappa shape index (κ3) is 5.20. The molecule has 2 N–H and O–H groups in total. The first kappa shape index (κ1) is 20.5. The highest BCUT2D eigenvalue weighted by Crippen LogP contribution is 2.28. The topological polar surface area (TPSA) is 102 Å². The summed E-state index contributed by atoms with van der Waals surface area (Å²) in [6.07, 6.45) is 3.41. The van der Waals surface area contributed by atoms with E-state index in [1.165, 1.54) is 11.8 Å². The summed E-state index contributed by atoms with van der Waals surface area (Å²) in [5.41, 5.74) is 2.77. The van der Waals surface area contributed by atoms with Crippen molar-refractivity contribution in [1.29, 1.82) is 0 Å². The molecule has 3 amide bonds. The number of imide groups is 1. The zero-order valence-electron chi connectivity index (χ0n) is 16.4. The van der Waals surface area contributed by atoms with Gasteiger partial charge in [-0.25, -0.2) is 4.79 Å². The Labute approximate surface area is 173 Å². The summed E-state index contributed by atoms with van der Waals surface area (Å²) in [5.74, 6) is 0.256. The van der Waals surface area contributed by atoms with E-state index in [1.54, 1.807) is 12.4 Å². The first-order chi connectivity index (χ1) is 14.0. The van der Waals surface area contributed by atoms with Gasteiger partial charge >= 0.3 is 6.03 Å². The molecule has 1 aromatic carbocycles. The minimum absolute atomic E-state index is 0.0303. The minimum Gasteiger partial charge on any atom is -0.336 e. The number of benzene rings is 1. The van der Waals surface area contributed by atoms with Gasteiger partial charge in [0.15, 0.2) is 11.0 Å². The fourth-order valence-electron chi connectivity index (χ4n) is 2.67. The molecule has 0 unspecified atom stereocenters. The van der Waals surface area contributed by atoms with Gasteiger partial charge < -0.3 is 5.32 Å². The molecule has 29 heavy (non-hydrogen) atoms. The fraction of sp³-hybridized carbons (Fsp3) is 0.250. The number of rotatable bonds is 6. The second-order valence-corrected chi connectivity index (χ2v) is 7.58. The van der Waals surface area contributed by atoms with Crippen LogP contribution < -0.4 is 10.6 Å². The zero-order chi connectivity index (χ0) is 20.8. The average molecular weight is 411 g/mol. The van der Waals surface area contributed by atoms with E-state index in [0.29, 0.717) is 11.0 Å². The number of hydrogen-bond donors (Lipinski definition) is 2. The molecule has 0 aliphatic heterocycles. The summed E-state index contributed by atoms with van der Waals surface area (Å²) >= 11 is 1.21. The first-order valence-electron chi connectivity index (χ1n) is 9.10. The summed E-state index contributed by atoms with van der Waals surface area (Å²) in [6.45, 7) is 5.65. The second-order valence-electron chi connectivity index (χ2n) is 6.63. The molecule has 0 atom stereocenters. The molecule has 2 heterocycles. The third-order valence-electron chi connectivity index (χ3n) is 3.91. The Balaban J connectivity index is 1.86. The maximum Gasteiger partial charge on any atom is 0.321 e. The van der Waals surface area contributed by atoms with E-state index >= 15 is 0 Å². The van der Waals surface area contributed by atoms with Crippen LogP contribution in [0.3, 0.4) is 0 Å². The molecule has 0 fully saturated rings. The van der Waals surface area contributed by atoms with E-state index < -0.39 is 11.9 Å². The molecule has 0 spiro atoms. The molecule has 0 radical (unpaired) electrons. The van der Waals surface area contributed by atoms with Crippen LogP contribution in [0.2, 0.25) is 0 Å². The molecular formula is C20H22N6O2S. The van der Waals surface area contributed by atoms with Crippen LogP contribution in [0.25, 0.3) is 17.1 Å². The van der Waals surface area contributed by atoms with Gasteiger partial charge in [0.25, 0.3) is 0 Å². The zero-order valence-corrected chi connectivity index (χ0v) is 17.2. The normalized spacial score (nSPS) is 10.8. The van der Waals surface area contributed by atoms with Gasteiger partial charge in [0.05, 0.1) is 11.4 Å². The summed E-state index contributed by atoms with van der Waals surface area (Å²) in [7, 11) is 0. The highest BCUT2D eigenvalue weighted by Gasteiger charge is 2.19. The Morgan fingerprint density at radius 2 is 1.93 bits per heavy atom. The van der Waals surface area contributed by atoms with Crippen molar-refractivity contribution in [1.82, 2.24) is 30.4 Å². The lowest BCUT2D eigenvalue weighted by atomic mass is 10.2. The summed E-state index contributed by atoms with van der Waals surface area (Å²) in [5, 5.41) is 14.1. The number of para-hydroxylation sites is 1. The van der Waals surface area contributed by atoms with Crippen molar-refractivity contribution in [2.24, 2.45) is 0 Å². The van der Waals surface area contributed by atoms with Crippen molar-refractivity contribution < 1.29 is 9.59 Å². The Morgan fingerprint density at radius 3 is 2.62 bits per heavy atom. The molecule has 9 heteroatoms. The van der Waals surface area contributed by atoms with Crippen molar-refractivity contribution in [2.75, 3.05) is 5.75 Å². The lowest BCUT2D eigenvalue weighted by molar-refractivity contribution is -0.117. The quantitative estimate of drug-likeness (QED) is 0.606. The fourth-order valence-corrected chi connectivity index (χ4v) is 3.41. The Hall–Kier alpha value is -3.20. The number of aromatic nitrogens is 4. The Morgan fingerprint density at radius 1 is 1.14 bits per heavy atom. The van der Waals surface area contributed by atoms with E-state index in [4.69, 9.17) is 0 Å². The molecule has 3 aromatic rings. The van der Waals surface area contributed by atoms with Crippen LogP contribution in [-0.2, 0) is 4.79 Å². The third-order valence-corrected chi connectivity index (χ3v) is 4.84. The maximum absolute atomic E-state index is 12.1. The average Bonchev–Trinajstić information content (AvgIpc) is 3.10. The van der Waals surface area contributed by atoms with Crippen molar-refractivity contribution >= 4 is 23.7 Å². The molecule has 0 saturated carbocycles. The molecule has 0 aliphatic rings. The predicted octanol–water partition coefficient (Wildman–Crippen LogP) is 2.96. The van der Waals surface area contributed by atoms with E-state index in [9.17, 15) is 9.59 Å². The summed E-state index contributed by atoms with van der Waals surface area (Å²) in [6, 6.07) is 11.0. The number of urea groups is 1. The largest absolute Gasteiger partial charge is 0.336 e. The van der Waals surface area contributed by atoms with Gasteiger partial charge in [-0.2, -0.15) is 0 Å². The number of hydrogen-bond acceptors (Lipinski definition) is 6. The molecule has 0 aliphatic carbocycles. The van der Waals surface area contributed by atoms with Crippen LogP contribution in [0.1, 0.15) is 19.4 Å². The van der Waals surface area contributed by atoms with E-state index in [0.717, 1.165) is 16.8 Å². The lowest BCUT2D eigenvalue weighted by Crippen LogP contribution is -2.43. The first-order valence-corrected chi connectivity index (χ1v) is 10.1. The highest BCUT2D eigenvalue weighted by molar-refractivity contribution is 7.99. The second kappa shape index (κ2) is 9.33. The van der Waals surface area contributed by atoms with Gasteiger partial charge in [0.2, 0.25) is 5.91 Å². The van der Waals surface area contributed by atoms with Crippen LogP contribution in [0.5, 0.6) is 0 Å². The molecular weight excluding hydrogens is 388 g/mol. The predicted molar refractivity (Wildman–Crippen MR) is 112 cm³/mol. The van der Waals surface area contributed by atoms with E-state index in [2.05, 4.69) is 25.8 Å². The lowest BCUT2D eigenvalue weighted by Gasteiger charge is -2.13. The number of nitrogens with one attached hydrogen (secondary N) is 2. The molecule has 0 bridgehead atoms. The van der Waals surface area contributed by atoms with Gasteiger partial charge in [-0.3, -0.25) is 19.7 Å². The summed E-state index contributed by atoms with van der Waals surface area (Å²) in [4.78, 5) is 28.0. The highest BCUT2D eigenvalue weighted by atomic mass is 32.2. The molecule has 2 aromatic heterocycles. The standard InChI is InChI=1S/C20H22N6O2S/c1-13(2)22-19(28)23-17(27)12-29-20-25-24-18(15-8-6-10-21-11-15)26(20)16-9-5-4-7-14(16)3/h4-11,13H,12H2,1-3H3,(H2,22,23,27,28). The van der Waals surface area contributed by atoms with Crippen LogP contribution in [0, 0.1) is 6.92 Å². The number of carbonyl (C=O) groups is 2. The van der Waals surface area contributed by atoms with Gasteiger partial charge in [-0.05, 0) is 44.5 Å². The molecule has 8 nitrogen and oxygen atoms in total. The maximum atomic E-state index is 12.1. The van der Waals surface area contributed by atoms with Crippen LogP contribution in [0.15, 0.2) is 53.9 Å². The Kier molecular flexibility index (Phi) is 6.61. The minimum atomic E-state index is -0.512. The molecule has 150 valence electrons. The van der Waals surface area contributed by atoms with Crippen LogP contribution >= 0.6 is 11.8 Å². The number of nitrogens with zero attached hydrogens (tertiary/aromatic N) is 4. The SMILES string of the molecule is Cc1ccccc1-n1c(SCC(=O)NC(=O)NC(C)C)nnc1-c1cccnc1. The molecule has 3 rings (SSSR count). The number of pyridine rings is 1. The summed E-state index contributed by atoms with van der Waals surface area (Å²) < 4.78 is 1.90. The number of amides is 3. The van der Waals surface area contributed by atoms with Crippen LogP contribution in [-0.4, -0.2) is 43.5 Å².